The number of aromatic amines is 1. The minimum absolute atomic E-state index is 0.345. The summed E-state index contributed by atoms with van der Waals surface area (Å²) in [7, 11) is 0. The smallest absolute Gasteiger partial charge is 0.225 e. The van der Waals surface area contributed by atoms with Gasteiger partial charge in [0.25, 0.3) is 0 Å². The molecule has 1 aromatic heterocycles. The maximum absolute atomic E-state index is 5.22. The molecule has 5 heteroatoms. The van der Waals surface area contributed by atoms with Crippen LogP contribution in [0.1, 0.15) is 40.2 Å². The minimum Gasteiger partial charge on any atom is -0.341 e. The van der Waals surface area contributed by atoms with Gasteiger partial charge in [-0.05, 0) is 39.4 Å². The highest BCUT2D eigenvalue weighted by molar-refractivity contribution is 7.71. The predicted molar refractivity (Wildman–Crippen MR) is 66.0 cm³/mol. The van der Waals surface area contributed by atoms with E-state index in [1.54, 1.807) is 0 Å². The third-order valence-corrected chi connectivity index (χ3v) is 2.65. The van der Waals surface area contributed by atoms with Crippen LogP contribution in [0.4, 0.5) is 5.95 Å². The average Bonchev–Trinajstić information content (AvgIpc) is 2.56. The van der Waals surface area contributed by atoms with Crippen LogP contribution in [0.3, 0.4) is 0 Å². The molecule has 1 aromatic rings. The zero-order chi connectivity index (χ0) is 11.4. The van der Waals surface area contributed by atoms with E-state index in [1.165, 1.54) is 0 Å². The molecular weight excluding hydrogens is 208 g/mol. The first-order valence-electron chi connectivity index (χ1n) is 5.53. The summed E-state index contributed by atoms with van der Waals surface area (Å²) in [6.45, 7) is 10.5. The van der Waals surface area contributed by atoms with Crippen molar-refractivity contribution < 1.29 is 0 Å². The zero-order valence-electron chi connectivity index (χ0n) is 9.95. The Balaban J connectivity index is 3.06. The predicted octanol–water partition coefficient (Wildman–Crippen LogP) is 2.76. The summed E-state index contributed by atoms with van der Waals surface area (Å²) in [4.78, 5) is 2.24. The second kappa shape index (κ2) is 5.30. The Labute approximate surface area is 96.3 Å². The van der Waals surface area contributed by atoms with Crippen molar-refractivity contribution in [2.24, 2.45) is 0 Å². The SMILES string of the molecule is CCCN(CC)c1n[nH]c(=S)n1C(C)C. The molecule has 0 aliphatic carbocycles. The van der Waals surface area contributed by atoms with Crippen LogP contribution in [-0.4, -0.2) is 27.9 Å². The highest BCUT2D eigenvalue weighted by Gasteiger charge is 2.14. The maximum Gasteiger partial charge on any atom is 0.225 e. The number of nitrogens with one attached hydrogen (secondary N) is 1. The largest absolute Gasteiger partial charge is 0.341 e. The third kappa shape index (κ3) is 2.59. The van der Waals surface area contributed by atoms with Gasteiger partial charge >= 0.3 is 0 Å². The molecule has 86 valence electrons. The summed E-state index contributed by atoms with van der Waals surface area (Å²) in [6, 6.07) is 0.345. The Bertz CT molecular complexity index is 353. The first-order chi connectivity index (χ1) is 7.11. The fourth-order valence-corrected chi connectivity index (χ4v) is 1.99. The molecule has 0 saturated carbocycles. The van der Waals surface area contributed by atoms with Crippen molar-refractivity contribution in [3.63, 3.8) is 0 Å². The van der Waals surface area contributed by atoms with E-state index in [0.717, 1.165) is 25.5 Å². The molecule has 0 unspecified atom stereocenters. The van der Waals surface area contributed by atoms with Crippen LogP contribution in [0, 0.1) is 4.77 Å². The molecule has 0 aliphatic heterocycles. The Morgan fingerprint density at radius 3 is 2.60 bits per heavy atom. The first-order valence-corrected chi connectivity index (χ1v) is 5.94. The molecule has 0 bridgehead atoms. The number of rotatable bonds is 5. The van der Waals surface area contributed by atoms with Gasteiger partial charge in [-0.25, -0.2) is 5.10 Å². The van der Waals surface area contributed by atoms with Crippen molar-refractivity contribution >= 4 is 18.2 Å². The van der Waals surface area contributed by atoms with Gasteiger partial charge in [0.1, 0.15) is 0 Å². The average molecular weight is 228 g/mol. The second-order valence-corrected chi connectivity index (χ2v) is 4.26. The van der Waals surface area contributed by atoms with Gasteiger partial charge in [-0.15, -0.1) is 5.10 Å². The summed E-state index contributed by atoms with van der Waals surface area (Å²) in [5.41, 5.74) is 0. The summed E-state index contributed by atoms with van der Waals surface area (Å²) in [6.07, 6.45) is 1.12. The lowest BCUT2D eigenvalue weighted by Crippen LogP contribution is -2.27. The molecule has 0 spiro atoms. The van der Waals surface area contributed by atoms with E-state index in [4.69, 9.17) is 12.2 Å². The van der Waals surface area contributed by atoms with E-state index in [1.807, 2.05) is 0 Å². The van der Waals surface area contributed by atoms with Crippen LogP contribution in [-0.2, 0) is 0 Å². The van der Waals surface area contributed by atoms with Crippen LogP contribution < -0.4 is 4.90 Å². The van der Waals surface area contributed by atoms with Crippen molar-refractivity contribution in [1.29, 1.82) is 0 Å². The van der Waals surface area contributed by atoms with E-state index >= 15 is 0 Å². The molecule has 4 nitrogen and oxygen atoms in total. The summed E-state index contributed by atoms with van der Waals surface area (Å²) < 4.78 is 2.77. The van der Waals surface area contributed by atoms with Crippen molar-refractivity contribution in [2.75, 3.05) is 18.0 Å². The molecule has 15 heavy (non-hydrogen) atoms. The Morgan fingerprint density at radius 2 is 2.13 bits per heavy atom. The number of nitrogens with zero attached hydrogens (tertiary/aromatic N) is 3. The first kappa shape index (κ1) is 12.2. The number of aromatic nitrogens is 3. The van der Waals surface area contributed by atoms with Crippen molar-refractivity contribution in [3.05, 3.63) is 4.77 Å². The standard InChI is InChI=1S/C10H20N4S/c1-5-7-13(6-2)9-11-12-10(15)14(9)8(3)4/h8H,5-7H2,1-4H3,(H,12,15). The lowest BCUT2D eigenvalue weighted by Gasteiger charge is -2.22. The molecule has 1 rings (SSSR count). The fourth-order valence-electron chi connectivity index (χ4n) is 1.65. The highest BCUT2D eigenvalue weighted by Crippen LogP contribution is 2.17. The van der Waals surface area contributed by atoms with Gasteiger partial charge < -0.3 is 4.90 Å². The Kier molecular flexibility index (Phi) is 4.32. The van der Waals surface area contributed by atoms with Gasteiger partial charge in [0.15, 0.2) is 4.77 Å². The molecule has 0 radical (unpaired) electrons. The molecule has 0 atom stereocenters. The quantitative estimate of drug-likeness (QED) is 0.787. The molecular formula is C10H20N4S. The van der Waals surface area contributed by atoms with Crippen molar-refractivity contribution in [3.8, 4) is 0 Å². The molecule has 1 heterocycles. The zero-order valence-corrected chi connectivity index (χ0v) is 10.8. The summed E-state index contributed by atoms with van der Waals surface area (Å²) in [5, 5.41) is 7.16. The van der Waals surface area contributed by atoms with Gasteiger partial charge in [0.2, 0.25) is 5.95 Å². The van der Waals surface area contributed by atoms with Crippen molar-refractivity contribution in [1.82, 2.24) is 14.8 Å². The normalized spacial score (nSPS) is 11.0. The molecule has 0 aromatic carbocycles. The highest BCUT2D eigenvalue weighted by atomic mass is 32.1. The van der Waals surface area contributed by atoms with E-state index < -0.39 is 0 Å². The molecule has 0 saturated heterocycles. The molecule has 1 N–H and O–H groups in total. The fraction of sp³-hybridized carbons (Fsp3) is 0.800. The topological polar surface area (TPSA) is 36.9 Å². The van der Waals surface area contributed by atoms with Gasteiger partial charge in [-0.3, -0.25) is 4.57 Å². The van der Waals surface area contributed by atoms with Crippen LogP contribution >= 0.6 is 12.2 Å². The van der Waals surface area contributed by atoms with Crippen LogP contribution in [0.15, 0.2) is 0 Å². The van der Waals surface area contributed by atoms with Crippen LogP contribution in [0.25, 0.3) is 0 Å². The van der Waals surface area contributed by atoms with E-state index in [9.17, 15) is 0 Å². The van der Waals surface area contributed by atoms with E-state index in [2.05, 4.69) is 47.4 Å². The summed E-state index contributed by atoms with van der Waals surface area (Å²) >= 11 is 5.22. The third-order valence-electron chi connectivity index (χ3n) is 2.36. The molecule has 0 aliphatic rings. The Morgan fingerprint density at radius 1 is 1.47 bits per heavy atom. The maximum atomic E-state index is 5.22. The number of hydrogen-bond donors (Lipinski definition) is 1. The van der Waals surface area contributed by atoms with Gasteiger partial charge in [-0.1, -0.05) is 6.92 Å². The van der Waals surface area contributed by atoms with E-state index in [-0.39, 0.29) is 0 Å². The van der Waals surface area contributed by atoms with E-state index in [0.29, 0.717) is 10.8 Å². The number of hydrogen-bond acceptors (Lipinski definition) is 3. The lowest BCUT2D eigenvalue weighted by atomic mass is 10.4. The van der Waals surface area contributed by atoms with Crippen molar-refractivity contribution in [2.45, 2.75) is 40.2 Å². The van der Waals surface area contributed by atoms with Crippen LogP contribution in [0.2, 0.25) is 0 Å². The number of anilines is 1. The van der Waals surface area contributed by atoms with Gasteiger partial charge in [0, 0.05) is 19.1 Å². The molecule has 0 amide bonds. The molecule has 0 fully saturated rings. The van der Waals surface area contributed by atoms with Crippen LogP contribution in [0.5, 0.6) is 0 Å². The summed E-state index contributed by atoms with van der Waals surface area (Å²) in [5.74, 6) is 0.958. The van der Waals surface area contributed by atoms with Gasteiger partial charge in [0.05, 0.1) is 0 Å². The van der Waals surface area contributed by atoms with Gasteiger partial charge in [-0.2, -0.15) is 0 Å². The minimum atomic E-state index is 0.345. The Hall–Kier alpha value is -0.840. The second-order valence-electron chi connectivity index (χ2n) is 3.87. The lowest BCUT2D eigenvalue weighted by molar-refractivity contribution is 0.577. The number of H-pyrrole nitrogens is 1. The monoisotopic (exact) mass is 228 g/mol.